The van der Waals surface area contributed by atoms with Gasteiger partial charge < -0.3 is 10.2 Å². The van der Waals surface area contributed by atoms with Crippen LogP contribution >= 0.6 is 27.5 Å². The van der Waals surface area contributed by atoms with Crippen molar-refractivity contribution in [1.82, 2.24) is 10.2 Å². The fourth-order valence-electron chi connectivity index (χ4n) is 4.46. The maximum absolute atomic E-state index is 13.9. The van der Waals surface area contributed by atoms with Crippen LogP contribution < -0.4 is 9.62 Å². The van der Waals surface area contributed by atoms with E-state index in [1.807, 2.05) is 68.4 Å². The number of hydrogen-bond donors (Lipinski definition) is 1. The van der Waals surface area contributed by atoms with Gasteiger partial charge in [-0.3, -0.25) is 13.9 Å². The van der Waals surface area contributed by atoms with Gasteiger partial charge in [0.2, 0.25) is 21.8 Å². The van der Waals surface area contributed by atoms with E-state index < -0.39 is 16.1 Å². The number of carbonyl (C=O) groups is 2. The zero-order valence-electron chi connectivity index (χ0n) is 23.6. The summed E-state index contributed by atoms with van der Waals surface area (Å²) in [5.74, 6) is -0.451. The van der Waals surface area contributed by atoms with Crippen LogP contribution in [0.5, 0.6) is 0 Å². The predicted octanol–water partition coefficient (Wildman–Crippen LogP) is 6.20. The lowest BCUT2D eigenvalue weighted by atomic mass is 10.0. The van der Waals surface area contributed by atoms with Crippen molar-refractivity contribution < 1.29 is 18.0 Å². The summed E-state index contributed by atoms with van der Waals surface area (Å²) < 4.78 is 27.3. The lowest BCUT2D eigenvalue weighted by molar-refractivity contribution is -0.141. The van der Waals surface area contributed by atoms with Crippen molar-refractivity contribution >= 4 is 55.1 Å². The molecule has 0 saturated heterocycles. The third kappa shape index (κ3) is 10.2. The Hall–Kier alpha value is -2.88. The van der Waals surface area contributed by atoms with Crippen LogP contribution in [0.2, 0.25) is 5.02 Å². The Morgan fingerprint density at radius 2 is 1.66 bits per heavy atom. The lowest BCUT2D eigenvalue weighted by Crippen LogP contribution is -2.52. The zero-order valence-corrected chi connectivity index (χ0v) is 26.8. The maximum atomic E-state index is 13.9. The van der Waals surface area contributed by atoms with Crippen LogP contribution in [0, 0.1) is 0 Å². The van der Waals surface area contributed by atoms with Crippen molar-refractivity contribution in [1.29, 1.82) is 0 Å². The molecule has 3 aromatic carbocycles. The van der Waals surface area contributed by atoms with Gasteiger partial charge in [-0.05, 0) is 61.2 Å². The van der Waals surface area contributed by atoms with E-state index in [0.717, 1.165) is 28.3 Å². The summed E-state index contributed by atoms with van der Waals surface area (Å²) in [6, 6.07) is 23.1. The summed E-state index contributed by atoms with van der Waals surface area (Å²) in [5.41, 5.74) is 2.25. The third-order valence-corrected chi connectivity index (χ3v) is 8.68. The van der Waals surface area contributed by atoms with Gasteiger partial charge >= 0.3 is 0 Å². The highest BCUT2D eigenvalue weighted by Crippen LogP contribution is 2.23. The van der Waals surface area contributed by atoms with E-state index >= 15 is 0 Å². The molecule has 0 spiro atoms. The van der Waals surface area contributed by atoms with Crippen LogP contribution in [-0.4, -0.2) is 50.0 Å². The molecule has 0 unspecified atom stereocenters. The molecule has 0 fully saturated rings. The standard InChI is InChI=1S/C31H37BrClN3O4S/c1-4-23(2)34-31(38)29(20-24-11-6-5-7-12-24)35(22-25-13-8-14-26(32)19-25)30(37)17-10-18-36(41(3,39)40)28-16-9-15-27(33)21-28/h5-9,11-16,19,21,23,29H,4,10,17-18,20,22H2,1-3H3,(H,34,38)/t23-,29-/m0/s1. The Morgan fingerprint density at radius 1 is 0.976 bits per heavy atom. The SMILES string of the molecule is CC[C@H](C)NC(=O)[C@H](Cc1ccccc1)N(Cc1cccc(Br)c1)C(=O)CCCN(c1cccc(Cl)c1)S(C)(=O)=O. The largest absolute Gasteiger partial charge is 0.352 e. The first-order chi connectivity index (χ1) is 19.5. The molecule has 0 aliphatic rings. The second kappa shape index (κ2) is 15.4. The van der Waals surface area contributed by atoms with Gasteiger partial charge in [0, 0.05) is 41.5 Å². The van der Waals surface area contributed by atoms with Gasteiger partial charge in [0.05, 0.1) is 11.9 Å². The summed E-state index contributed by atoms with van der Waals surface area (Å²) in [7, 11) is -3.61. The van der Waals surface area contributed by atoms with E-state index in [0.29, 0.717) is 17.1 Å². The molecule has 0 aliphatic heterocycles. The number of halogens is 2. The smallest absolute Gasteiger partial charge is 0.243 e. The topological polar surface area (TPSA) is 86.8 Å². The average molecular weight is 663 g/mol. The Morgan fingerprint density at radius 3 is 2.29 bits per heavy atom. The van der Waals surface area contributed by atoms with E-state index in [1.165, 1.54) is 4.31 Å². The second-order valence-corrected chi connectivity index (χ2v) is 13.4. The molecule has 0 bridgehead atoms. The number of amides is 2. The van der Waals surface area contributed by atoms with E-state index in [9.17, 15) is 18.0 Å². The number of nitrogens with zero attached hydrogens (tertiary/aromatic N) is 2. The molecule has 41 heavy (non-hydrogen) atoms. The molecule has 3 aromatic rings. The van der Waals surface area contributed by atoms with Gasteiger partial charge in [0.1, 0.15) is 6.04 Å². The molecule has 2 amide bonds. The molecule has 0 heterocycles. The first-order valence-corrected chi connectivity index (χ1v) is 16.6. The molecule has 220 valence electrons. The van der Waals surface area contributed by atoms with Crippen LogP contribution in [0.3, 0.4) is 0 Å². The van der Waals surface area contributed by atoms with Crippen LogP contribution in [0.25, 0.3) is 0 Å². The number of benzene rings is 3. The van der Waals surface area contributed by atoms with Crippen LogP contribution in [0.15, 0.2) is 83.3 Å². The van der Waals surface area contributed by atoms with Crippen molar-refractivity contribution in [2.45, 2.75) is 58.2 Å². The van der Waals surface area contributed by atoms with Crippen LogP contribution in [-0.2, 0) is 32.6 Å². The Bertz CT molecular complexity index is 1420. The highest BCUT2D eigenvalue weighted by atomic mass is 79.9. The normalized spacial score (nSPS) is 12.8. The summed E-state index contributed by atoms with van der Waals surface area (Å²) in [6.07, 6.45) is 2.56. The van der Waals surface area contributed by atoms with Gasteiger partial charge in [0.15, 0.2) is 0 Å². The average Bonchev–Trinajstić information content (AvgIpc) is 2.92. The Labute approximate surface area is 257 Å². The van der Waals surface area contributed by atoms with Crippen LogP contribution in [0.4, 0.5) is 5.69 Å². The molecule has 0 aromatic heterocycles. The second-order valence-electron chi connectivity index (χ2n) is 10.1. The molecule has 0 saturated carbocycles. The van der Waals surface area contributed by atoms with Gasteiger partial charge in [-0.15, -0.1) is 0 Å². The predicted molar refractivity (Wildman–Crippen MR) is 169 cm³/mol. The summed E-state index contributed by atoms with van der Waals surface area (Å²) in [6.45, 7) is 4.26. The van der Waals surface area contributed by atoms with Gasteiger partial charge in [0.25, 0.3) is 0 Å². The van der Waals surface area contributed by atoms with Gasteiger partial charge in [-0.2, -0.15) is 0 Å². The molecule has 7 nitrogen and oxygen atoms in total. The number of anilines is 1. The highest BCUT2D eigenvalue weighted by Gasteiger charge is 2.31. The molecule has 0 aliphatic carbocycles. The molecule has 1 N–H and O–H groups in total. The minimum atomic E-state index is -3.61. The van der Waals surface area contributed by atoms with E-state index in [4.69, 9.17) is 11.6 Å². The van der Waals surface area contributed by atoms with Crippen LogP contribution in [0.1, 0.15) is 44.2 Å². The number of nitrogens with one attached hydrogen (secondary N) is 1. The van der Waals surface area contributed by atoms with E-state index in [-0.39, 0.29) is 43.8 Å². The third-order valence-electron chi connectivity index (χ3n) is 6.76. The minimum Gasteiger partial charge on any atom is -0.352 e. The summed E-state index contributed by atoms with van der Waals surface area (Å²) in [4.78, 5) is 29.1. The first kappa shape index (κ1) is 32.6. The molecule has 2 atom stereocenters. The minimum absolute atomic E-state index is 0.0513. The number of hydrogen-bond acceptors (Lipinski definition) is 4. The van der Waals surface area contributed by atoms with Crippen molar-refractivity contribution in [3.63, 3.8) is 0 Å². The van der Waals surface area contributed by atoms with Crippen molar-refractivity contribution in [2.75, 3.05) is 17.1 Å². The molecule has 3 rings (SSSR count). The quantitative estimate of drug-likeness (QED) is 0.223. The number of rotatable bonds is 14. The lowest BCUT2D eigenvalue weighted by Gasteiger charge is -2.32. The van der Waals surface area contributed by atoms with E-state index in [2.05, 4.69) is 21.2 Å². The van der Waals surface area contributed by atoms with Gasteiger partial charge in [-0.25, -0.2) is 8.42 Å². The Kier molecular flexibility index (Phi) is 12.2. The fourth-order valence-corrected chi connectivity index (χ4v) is 6.05. The highest BCUT2D eigenvalue weighted by molar-refractivity contribution is 9.10. The fraction of sp³-hybridized carbons (Fsp3) is 0.355. The first-order valence-electron chi connectivity index (χ1n) is 13.6. The van der Waals surface area contributed by atoms with Crippen molar-refractivity contribution in [3.8, 4) is 0 Å². The molecular formula is C31H37BrClN3O4S. The molecule has 0 radical (unpaired) electrons. The Balaban J connectivity index is 1.89. The van der Waals surface area contributed by atoms with Gasteiger partial charge in [-0.1, -0.05) is 83.0 Å². The van der Waals surface area contributed by atoms with Crippen molar-refractivity contribution in [3.05, 3.63) is 99.5 Å². The number of sulfonamides is 1. The molecule has 10 heteroatoms. The van der Waals surface area contributed by atoms with Crippen molar-refractivity contribution in [2.24, 2.45) is 0 Å². The van der Waals surface area contributed by atoms with E-state index in [1.54, 1.807) is 29.2 Å². The zero-order chi connectivity index (χ0) is 30.0. The summed E-state index contributed by atoms with van der Waals surface area (Å²) >= 11 is 9.61. The maximum Gasteiger partial charge on any atom is 0.243 e. The number of carbonyl (C=O) groups excluding carboxylic acids is 2. The summed E-state index contributed by atoms with van der Waals surface area (Å²) in [5, 5.41) is 3.48. The monoisotopic (exact) mass is 661 g/mol. The molecular weight excluding hydrogens is 626 g/mol.